The molecule has 7 heteroatoms. The second-order valence-electron chi connectivity index (χ2n) is 9.92. The minimum absolute atomic E-state index is 0.131. The number of carbonyl (C=O) groups excluding carboxylic acids is 1. The van der Waals surface area contributed by atoms with Gasteiger partial charge in [-0.1, -0.05) is 54.6 Å². The van der Waals surface area contributed by atoms with Crippen LogP contribution in [0.5, 0.6) is 0 Å². The molecule has 1 amide bonds. The van der Waals surface area contributed by atoms with Gasteiger partial charge in [0.25, 0.3) is 5.91 Å². The molecular formula is C33H28FN3O3. The summed E-state index contributed by atoms with van der Waals surface area (Å²) >= 11 is 0. The second kappa shape index (κ2) is 11.4. The first-order valence-corrected chi connectivity index (χ1v) is 13.1. The molecule has 6 nitrogen and oxygen atoms in total. The van der Waals surface area contributed by atoms with Gasteiger partial charge in [-0.15, -0.1) is 0 Å². The van der Waals surface area contributed by atoms with Crippen LogP contribution in [0.1, 0.15) is 56.8 Å². The highest BCUT2D eigenvalue weighted by molar-refractivity contribution is 5.96. The van der Waals surface area contributed by atoms with Gasteiger partial charge in [0.1, 0.15) is 5.82 Å². The van der Waals surface area contributed by atoms with E-state index in [0.29, 0.717) is 34.5 Å². The Morgan fingerprint density at radius 1 is 1.05 bits per heavy atom. The number of rotatable bonds is 7. The lowest BCUT2D eigenvalue weighted by Crippen LogP contribution is -2.30. The number of halogens is 1. The zero-order valence-corrected chi connectivity index (χ0v) is 22.0. The molecule has 5 rings (SSSR count). The van der Waals surface area contributed by atoms with Crippen molar-refractivity contribution in [3.63, 3.8) is 0 Å². The van der Waals surface area contributed by atoms with Crippen molar-refractivity contribution in [1.29, 1.82) is 0 Å². The molecule has 4 aromatic rings. The van der Waals surface area contributed by atoms with Gasteiger partial charge < -0.3 is 15.3 Å². The van der Waals surface area contributed by atoms with E-state index < -0.39 is 5.97 Å². The Morgan fingerprint density at radius 2 is 1.82 bits per heavy atom. The summed E-state index contributed by atoms with van der Waals surface area (Å²) in [7, 11) is 0. The van der Waals surface area contributed by atoms with Gasteiger partial charge in [0.2, 0.25) is 0 Å². The maximum Gasteiger partial charge on any atom is 0.336 e. The molecule has 1 atom stereocenters. The maximum atomic E-state index is 15.2. The summed E-state index contributed by atoms with van der Waals surface area (Å²) in [5.74, 6) is -1.62. The number of aromatic carboxylic acids is 1. The number of carboxylic acid groups (broad SMARTS) is 1. The van der Waals surface area contributed by atoms with Crippen LogP contribution in [0.3, 0.4) is 0 Å². The monoisotopic (exact) mass is 533 g/mol. The first kappa shape index (κ1) is 26.6. The number of nitrogens with zero attached hydrogens (tertiary/aromatic N) is 2. The van der Waals surface area contributed by atoms with Crippen molar-refractivity contribution < 1.29 is 19.1 Å². The standard InChI is InChI=1S/C33H28FN3O3/c1-21(22-11-14-27(35-2)15-12-22)36-32(38)25-13-16-31-24(18-25)6-5-17-37(31)20-26-10-9-23(19-30(26)34)28-7-3-4-8-29(28)33(39)40/h3-4,7-16,18-19,21H,5-6,17,20H2,1H3,(H,36,38)(H,39,40)/t21-/m0/s1. The van der Waals surface area contributed by atoms with E-state index in [-0.39, 0.29) is 23.3 Å². The predicted molar refractivity (Wildman–Crippen MR) is 153 cm³/mol. The third-order valence-corrected chi connectivity index (χ3v) is 7.31. The van der Waals surface area contributed by atoms with Crippen molar-refractivity contribution >= 4 is 23.3 Å². The van der Waals surface area contributed by atoms with E-state index in [0.717, 1.165) is 36.2 Å². The first-order valence-electron chi connectivity index (χ1n) is 13.1. The van der Waals surface area contributed by atoms with Crippen molar-refractivity contribution in [2.24, 2.45) is 0 Å². The fraction of sp³-hybridized carbons (Fsp3) is 0.182. The molecule has 2 N–H and O–H groups in total. The molecule has 0 saturated heterocycles. The number of aryl methyl sites for hydroxylation is 1. The van der Waals surface area contributed by atoms with Gasteiger partial charge in [0.15, 0.2) is 5.69 Å². The summed E-state index contributed by atoms with van der Waals surface area (Å²) in [6.45, 7) is 10.1. The summed E-state index contributed by atoms with van der Waals surface area (Å²) in [6.07, 6.45) is 1.71. The highest BCUT2D eigenvalue weighted by Gasteiger charge is 2.21. The van der Waals surface area contributed by atoms with Crippen molar-refractivity contribution in [2.45, 2.75) is 32.4 Å². The molecule has 0 spiro atoms. The van der Waals surface area contributed by atoms with Crippen molar-refractivity contribution in [3.05, 3.63) is 130 Å². The highest BCUT2D eigenvalue weighted by atomic mass is 19.1. The Balaban J connectivity index is 1.31. The van der Waals surface area contributed by atoms with E-state index in [1.807, 2.05) is 31.2 Å². The molecular weight excluding hydrogens is 505 g/mol. The normalized spacial score (nSPS) is 13.2. The third-order valence-electron chi connectivity index (χ3n) is 7.31. The van der Waals surface area contributed by atoms with Crippen LogP contribution in [-0.2, 0) is 13.0 Å². The maximum absolute atomic E-state index is 15.2. The number of carboxylic acids is 1. The number of nitrogens with one attached hydrogen (secondary N) is 1. The van der Waals surface area contributed by atoms with Crippen LogP contribution in [0.4, 0.5) is 15.8 Å². The van der Waals surface area contributed by atoms with Crippen LogP contribution in [0.25, 0.3) is 16.0 Å². The number of hydrogen-bond acceptors (Lipinski definition) is 3. The molecule has 0 bridgehead atoms. The van der Waals surface area contributed by atoms with Gasteiger partial charge in [-0.05, 0) is 72.4 Å². The second-order valence-corrected chi connectivity index (χ2v) is 9.92. The van der Waals surface area contributed by atoms with Crippen LogP contribution in [0.15, 0.2) is 84.9 Å². The minimum Gasteiger partial charge on any atom is -0.478 e. The summed E-state index contributed by atoms with van der Waals surface area (Å²) in [6, 6.07) is 24.0. The van der Waals surface area contributed by atoms with Crippen LogP contribution in [0, 0.1) is 12.4 Å². The Bertz CT molecular complexity index is 1630. The summed E-state index contributed by atoms with van der Waals surface area (Å²) in [5, 5.41) is 12.5. The fourth-order valence-electron chi connectivity index (χ4n) is 5.15. The largest absolute Gasteiger partial charge is 0.478 e. The van der Waals surface area contributed by atoms with Gasteiger partial charge >= 0.3 is 5.97 Å². The summed E-state index contributed by atoms with van der Waals surface area (Å²) < 4.78 is 15.2. The Kier molecular flexibility index (Phi) is 7.61. The number of benzene rings is 4. The van der Waals surface area contributed by atoms with Crippen LogP contribution in [-0.4, -0.2) is 23.5 Å². The van der Waals surface area contributed by atoms with Crippen molar-refractivity contribution in [1.82, 2.24) is 5.32 Å². The SMILES string of the molecule is [C-]#[N+]c1ccc([C@H](C)NC(=O)c2ccc3c(c2)CCCN3Cc2ccc(-c3ccccc3C(=O)O)cc2F)cc1. The van der Waals surface area contributed by atoms with Gasteiger partial charge in [-0.2, -0.15) is 0 Å². The van der Waals surface area contributed by atoms with E-state index in [1.165, 1.54) is 12.1 Å². The third kappa shape index (κ3) is 5.57. The average molecular weight is 534 g/mol. The van der Waals surface area contributed by atoms with Crippen LogP contribution >= 0.6 is 0 Å². The first-order chi connectivity index (χ1) is 19.3. The van der Waals surface area contributed by atoms with E-state index in [9.17, 15) is 14.7 Å². The van der Waals surface area contributed by atoms with Crippen molar-refractivity contribution in [3.8, 4) is 11.1 Å². The molecule has 1 aliphatic heterocycles. The van der Waals surface area contributed by atoms with Gasteiger partial charge in [-0.3, -0.25) is 4.79 Å². The van der Waals surface area contributed by atoms with E-state index >= 15 is 4.39 Å². The Hall–Kier alpha value is -4.96. The molecule has 0 unspecified atom stereocenters. The number of carbonyl (C=O) groups is 2. The predicted octanol–water partition coefficient (Wildman–Crippen LogP) is 7.19. The van der Waals surface area contributed by atoms with E-state index in [4.69, 9.17) is 6.57 Å². The quantitative estimate of drug-likeness (QED) is 0.247. The zero-order valence-electron chi connectivity index (χ0n) is 22.0. The van der Waals surface area contributed by atoms with Crippen LogP contribution < -0.4 is 10.2 Å². The lowest BCUT2D eigenvalue weighted by Gasteiger charge is -2.32. The van der Waals surface area contributed by atoms with Gasteiger partial charge in [-0.25, -0.2) is 14.0 Å². The molecule has 1 heterocycles. The molecule has 1 aliphatic rings. The summed E-state index contributed by atoms with van der Waals surface area (Å²) in [5.41, 5.74) is 5.71. The number of hydrogen-bond donors (Lipinski definition) is 2. The fourth-order valence-corrected chi connectivity index (χ4v) is 5.15. The molecule has 4 aromatic carbocycles. The Labute approximate surface area is 232 Å². The van der Waals surface area contributed by atoms with Gasteiger partial charge in [0.05, 0.1) is 18.2 Å². The number of anilines is 1. The molecule has 0 radical (unpaired) electrons. The molecule has 0 fully saturated rings. The number of fused-ring (bicyclic) bond motifs is 1. The minimum atomic E-state index is -1.05. The number of amides is 1. The molecule has 200 valence electrons. The topological polar surface area (TPSA) is 74.0 Å². The van der Waals surface area contributed by atoms with Gasteiger partial charge in [0, 0.05) is 29.9 Å². The molecule has 0 saturated carbocycles. The Morgan fingerprint density at radius 3 is 2.55 bits per heavy atom. The zero-order chi connectivity index (χ0) is 28.2. The highest BCUT2D eigenvalue weighted by Crippen LogP contribution is 2.32. The molecule has 40 heavy (non-hydrogen) atoms. The van der Waals surface area contributed by atoms with Crippen molar-refractivity contribution in [2.75, 3.05) is 11.4 Å². The lowest BCUT2D eigenvalue weighted by molar-refractivity contribution is 0.0697. The summed E-state index contributed by atoms with van der Waals surface area (Å²) in [4.78, 5) is 30.1. The average Bonchev–Trinajstić information content (AvgIpc) is 2.98. The smallest absolute Gasteiger partial charge is 0.336 e. The van der Waals surface area contributed by atoms with E-state index in [2.05, 4.69) is 15.1 Å². The van der Waals surface area contributed by atoms with E-state index in [1.54, 1.807) is 48.5 Å². The molecule has 0 aliphatic carbocycles. The lowest BCUT2D eigenvalue weighted by atomic mass is 9.96. The molecule has 0 aromatic heterocycles. The van der Waals surface area contributed by atoms with Crippen LogP contribution in [0.2, 0.25) is 0 Å².